The number of amides is 2. The van der Waals surface area contributed by atoms with Gasteiger partial charge in [0.1, 0.15) is 0 Å². The first kappa shape index (κ1) is 19.4. The zero-order valence-corrected chi connectivity index (χ0v) is 16.3. The molecule has 1 aliphatic heterocycles. The van der Waals surface area contributed by atoms with Crippen LogP contribution in [0, 0.1) is 13.8 Å². The van der Waals surface area contributed by atoms with Crippen molar-refractivity contribution in [3.05, 3.63) is 47.3 Å². The molecule has 2 N–H and O–H groups in total. The third-order valence-electron chi connectivity index (χ3n) is 4.52. The standard InChI is InChI=1S/C19H24N4O3S/c1-13-14(2)23(11-16-9-6-10-26-16)19(20-13)27-12-17(24)21-22-18(25)15-7-4-3-5-8-15/h3-5,7-8,16H,6,9-12H2,1-2H3,(H,21,24)(H,22,25). The lowest BCUT2D eigenvalue weighted by atomic mass is 10.2. The first-order valence-electron chi connectivity index (χ1n) is 8.97. The van der Waals surface area contributed by atoms with Crippen LogP contribution in [0.5, 0.6) is 0 Å². The van der Waals surface area contributed by atoms with Gasteiger partial charge in [0.15, 0.2) is 5.16 Å². The summed E-state index contributed by atoms with van der Waals surface area (Å²) in [5.41, 5.74) is 7.40. The number of ether oxygens (including phenoxy) is 1. The van der Waals surface area contributed by atoms with Crippen molar-refractivity contribution >= 4 is 23.6 Å². The second kappa shape index (κ2) is 9.05. The molecule has 0 spiro atoms. The van der Waals surface area contributed by atoms with Crippen LogP contribution in [0.25, 0.3) is 0 Å². The molecule has 1 aromatic heterocycles. The van der Waals surface area contributed by atoms with Crippen LogP contribution in [0.2, 0.25) is 0 Å². The molecule has 0 aliphatic carbocycles. The number of nitrogens with zero attached hydrogens (tertiary/aromatic N) is 2. The SMILES string of the molecule is Cc1nc(SCC(=O)NNC(=O)c2ccccc2)n(CC2CCCO2)c1C. The minimum absolute atomic E-state index is 0.163. The van der Waals surface area contributed by atoms with E-state index in [0.717, 1.165) is 42.5 Å². The molecule has 1 aliphatic rings. The first-order valence-corrected chi connectivity index (χ1v) is 9.95. The van der Waals surface area contributed by atoms with Gasteiger partial charge in [-0.1, -0.05) is 30.0 Å². The smallest absolute Gasteiger partial charge is 0.269 e. The van der Waals surface area contributed by atoms with E-state index in [4.69, 9.17) is 4.74 Å². The van der Waals surface area contributed by atoms with Gasteiger partial charge < -0.3 is 9.30 Å². The van der Waals surface area contributed by atoms with E-state index >= 15 is 0 Å². The van der Waals surface area contributed by atoms with Crippen molar-refractivity contribution in [1.82, 2.24) is 20.4 Å². The molecule has 1 saturated heterocycles. The van der Waals surface area contributed by atoms with Gasteiger partial charge in [-0.3, -0.25) is 20.4 Å². The van der Waals surface area contributed by atoms with Crippen LogP contribution in [-0.4, -0.2) is 39.8 Å². The van der Waals surface area contributed by atoms with E-state index in [1.807, 2.05) is 19.9 Å². The predicted molar refractivity (Wildman–Crippen MR) is 103 cm³/mol. The molecule has 3 rings (SSSR count). The number of benzene rings is 1. The maximum absolute atomic E-state index is 12.1. The molecular weight excluding hydrogens is 364 g/mol. The number of aromatic nitrogens is 2. The van der Waals surface area contributed by atoms with Gasteiger partial charge in [0.05, 0.1) is 24.1 Å². The summed E-state index contributed by atoms with van der Waals surface area (Å²) in [6, 6.07) is 8.73. The third kappa shape index (κ3) is 5.11. The van der Waals surface area contributed by atoms with Gasteiger partial charge in [0.25, 0.3) is 5.91 Å². The van der Waals surface area contributed by atoms with Crippen LogP contribution in [0.4, 0.5) is 0 Å². The Morgan fingerprint density at radius 1 is 1.26 bits per heavy atom. The lowest BCUT2D eigenvalue weighted by Gasteiger charge is -2.14. The van der Waals surface area contributed by atoms with Crippen molar-refractivity contribution in [2.24, 2.45) is 0 Å². The molecule has 2 amide bonds. The summed E-state index contributed by atoms with van der Waals surface area (Å²) in [7, 11) is 0. The molecule has 1 atom stereocenters. The number of hydrazine groups is 1. The van der Waals surface area contributed by atoms with E-state index in [1.165, 1.54) is 11.8 Å². The Labute approximate surface area is 162 Å². The van der Waals surface area contributed by atoms with Crippen LogP contribution in [0.3, 0.4) is 0 Å². The van der Waals surface area contributed by atoms with Crippen LogP contribution in [0.1, 0.15) is 34.6 Å². The van der Waals surface area contributed by atoms with E-state index in [-0.39, 0.29) is 23.7 Å². The number of imidazole rings is 1. The van der Waals surface area contributed by atoms with Crippen LogP contribution < -0.4 is 10.9 Å². The quantitative estimate of drug-likeness (QED) is 0.586. The second-order valence-corrected chi connectivity index (χ2v) is 7.41. The highest BCUT2D eigenvalue weighted by Gasteiger charge is 2.20. The number of aryl methyl sites for hydroxylation is 1. The molecule has 144 valence electrons. The summed E-state index contributed by atoms with van der Waals surface area (Å²) in [6.07, 6.45) is 2.34. The predicted octanol–water partition coefficient (Wildman–Crippen LogP) is 2.23. The van der Waals surface area contributed by atoms with E-state index < -0.39 is 0 Å². The zero-order chi connectivity index (χ0) is 19.2. The second-order valence-electron chi connectivity index (χ2n) is 6.47. The number of rotatable bonds is 6. The van der Waals surface area contributed by atoms with Crippen molar-refractivity contribution in [2.75, 3.05) is 12.4 Å². The molecule has 0 saturated carbocycles. The number of hydrogen-bond acceptors (Lipinski definition) is 5. The fourth-order valence-electron chi connectivity index (χ4n) is 2.90. The molecule has 1 aromatic carbocycles. The Balaban J connectivity index is 1.52. The Bertz CT molecular complexity index is 801. The topological polar surface area (TPSA) is 85.3 Å². The summed E-state index contributed by atoms with van der Waals surface area (Å²) in [5, 5.41) is 0.796. The van der Waals surface area contributed by atoms with E-state index in [9.17, 15) is 9.59 Å². The Morgan fingerprint density at radius 2 is 2.04 bits per heavy atom. The lowest BCUT2D eigenvalue weighted by Crippen LogP contribution is -2.42. The number of nitrogens with one attached hydrogen (secondary N) is 2. The normalized spacial score (nSPS) is 16.3. The molecule has 0 radical (unpaired) electrons. The van der Waals surface area contributed by atoms with Crippen LogP contribution in [0.15, 0.2) is 35.5 Å². The van der Waals surface area contributed by atoms with Gasteiger partial charge in [0, 0.05) is 17.9 Å². The van der Waals surface area contributed by atoms with Crippen molar-refractivity contribution in [3.8, 4) is 0 Å². The molecule has 0 bridgehead atoms. The number of hydrogen-bond donors (Lipinski definition) is 2. The Morgan fingerprint density at radius 3 is 2.74 bits per heavy atom. The van der Waals surface area contributed by atoms with Crippen LogP contribution in [-0.2, 0) is 16.1 Å². The average Bonchev–Trinajstić information content (AvgIpc) is 3.29. The molecule has 1 fully saturated rings. The highest BCUT2D eigenvalue weighted by Crippen LogP contribution is 2.24. The van der Waals surface area contributed by atoms with Crippen LogP contribution >= 0.6 is 11.8 Å². The molecule has 2 aromatic rings. The third-order valence-corrected chi connectivity index (χ3v) is 5.49. The Kier molecular flexibility index (Phi) is 6.52. The van der Waals surface area contributed by atoms with Crippen molar-refractivity contribution < 1.29 is 14.3 Å². The number of carbonyl (C=O) groups excluding carboxylic acids is 2. The summed E-state index contributed by atoms with van der Waals surface area (Å²) in [4.78, 5) is 28.6. The first-order chi connectivity index (χ1) is 13.0. The van der Waals surface area contributed by atoms with E-state index in [2.05, 4.69) is 20.4 Å². The minimum Gasteiger partial charge on any atom is -0.376 e. The molecule has 8 heteroatoms. The summed E-state index contributed by atoms with van der Waals surface area (Å²) in [6.45, 7) is 5.55. The van der Waals surface area contributed by atoms with Crippen molar-refractivity contribution in [2.45, 2.75) is 44.5 Å². The summed E-state index contributed by atoms with van der Waals surface area (Å²) >= 11 is 1.35. The van der Waals surface area contributed by atoms with Crippen molar-refractivity contribution in [1.29, 1.82) is 0 Å². The largest absolute Gasteiger partial charge is 0.376 e. The highest BCUT2D eigenvalue weighted by atomic mass is 32.2. The Hall–Kier alpha value is -2.32. The van der Waals surface area contributed by atoms with E-state index in [1.54, 1.807) is 24.3 Å². The zero-order valence-electron chi connectivity index (χ0n) is 15.5. The van der Waals surface area contributed by atoms with Crippen molar-refractivity contribution in [3.63, 3.8) is 0 Å². The molecular formula is C19H24N4O3S. The molecule has 7 nitrogen and oxygen atoms in total. The number of carbonyl (C=O) groups is 2. The average molecular weight is 388 g/mol. The fraction of sp³-hybridized carbons (Fsp3) is 0.421. The van der Waals surface area contributed by atoms with E-state index in [0.29, 0.717) is 5.56 Å². The highest BCUT2D eigenvalue weighted by molar-refractivity contribution is 7.99. The van der Waals surface area contributed by atoms with Gasteiger partial charge >= 0.3 is 0 Å². The summed E-state index contributed by atoms with van der Waals surface area (Å²) < 4.78 is 7.84. The fourth-order valence-corrected chi connectivity index (χ4v) is 3.80. The minimum atomic E-state index is -0.347. The maximum Gasteiger partial charge on any atom is 0.269 e. The van der Waals surface area contributed by atoms with Gasteiger partial charge in [0.2, 0.25) is 5.91 Å². The summed E-state index contributed by atoms with van der Waals surface area (Å²) in [5.74, 6) is -0.469. The molecule has 27 heavy (non-hydrogen) atoms. The molecule has 1 unspecified atom stereocenters. The maximum atomic E-state index is 12.1. The van der Waals surface area contributed by atoms with Gasteiger partial charge in [-0.15, -0.1) is 0 Å². The number of thioether (sulfide) groups is 1. The van der Waals surface area contributed by atoms with Gasteiger partial charge in [-0.05, 0) is 38.8 Å². The monoisotopic (exact) mass is 388 g/mol. The lowest BCUT2D eigenvalue weighted by molar-refractivity contribution is -0.119. The molecule has 2 heterocycles. The van der Waals surface area contributed by atoms with Gasteiger partial charge in [-0.25, -0.2) is 4.98 Å². The van der Waals surface area contributed by atoms with Gasteiger partial charge in [-0.2, -0.15) is 0 Å².